The second kappa shape index (κ2) is 5.67. The van der Waals surface area contributed by atoms with Crippen LogP contribution in [0.1, 0.15) is 21.5 Å². The molecule has 0 unspecified atom stereocenters. The molecule has 0 aromatic carbocycles. The van der Waals surface area contributed by atoms with Gasteiger partial charge < -0.3 is 15.4 Å². The highest BCUT2D eigenvalue weighted by Crippen LogP contribution is 2.23. The fraction of sp³-hybridized carbons (Fsp3) is 0.455. The van der Waals surface area contributed by atoms with Gasteiger partial charge in [-0.25, -0.2) is 4.79 Å². The standard InChI is InChI=1S/C11H16N2O3S/c1-4-13(3)10(14)6-16-11(15)9-5-8(12)7(2)17-9/h5H,4,6,12H2,1-3H3. The van der Waals surface area contributed by atoms with Crippen LogP contribution in [0.2, 0.25) is 0 Å². The van der Waals surface area contributed by atoms with Gasteiger partial charge in [-0.1, -0.05) is 0 Å². The zero-order valence-electron chi connectivity index (χ0n) is 10.1. The van der Waals surface area contributed by atoms with Crippen molar-refractivity contribution in [3.05, 3.63) is 15.8 Å². The van der Waals surface area contributed by atoms with Crippen molar-refractivity contribution in [2.24, 2.45) is 0 Å². The molecule has 0 fully saturated rings. The number of amides is 1. The maximum absolute atomic E-state index is 11.6. The zero-order valence-corrected chi connectivity index (χ0v) is 11.0. The van der Waals surface area contributed by atoms with Crippen molar-refractivity contribution in [3.63, 3.8) is 0 Å². The average Bonchev–Trinajstić information content (AvgIpc) is 2.65. The van der Waals surface area contributed by atoms with E-state index in [4.69, 9.17) is 10.5 Å². The first-order valence-electron chi connectivity index (χ1n) is 5.22. The van der Waals surface area contributed by atoms with E-state index in [0.717, 1.165) is 4.88 Å². The fourth-order valence-corrected chi connectivity index (χ4v) is 1.92. The number of hydrogen-bond donors (Lipinski definition) is 1. The van der Waals surface area contributed by atoms with Crippen molar-refractivity contribution in [2.75, 3.05) is 25.9 Å². The summed E-state index contributed by atoms with van der Waals surface area (Å²) in [5, 5.41) is 0. The molecule has 0 radical (unpaired) electrons. The Labute approximate surface area is 104 Å². The van der Waals surface area contributed by atoms with Crippen molar-refractivity contribution in [1.29, 1.82) is 0 Å². The van der Waals surface area contributed by atoms with Crippen molar-refractivity contribution in [3.8, 4) is 0 Å². The molecule has 0 aliphatic carbocycles. The van der Waals surface area contributed by atoms with E-state index in [9.17, 15) is 9.59 Å². The van der Waals surface area contributed by atoms with E-state index in [1.165, 1.54) is 16.2 Å². The van der Waals surface area contributed by atoms with Gasteiger partial charge in [-0.2, -0.15) is 0 Å². The third kappa shape index (κ3) is 3.45. The van der Waals surface area contributed by atoms with Gasteiger partial charge in [0.15, 0.2) is 6.61 Å². The minimum atomic E-state index is -0.507. The van der Waals surface area contributed by atoms with Crippen LogP contribution in [0.15, 0.2) is 6.07 Å². The molecule has 0 spiro atoms. The number of hydrogen-bond acceptors (Lipinski definition) is 5. The summed E-state index contributed by atoms with van der Waals surface area (Å²) < 4.78 is 4.91. The molecule has 1 rings (SSSR count). The molecule has 1 heterocycles. The van der Waals surface area contributed by atoms with Crippen LogP contribution in [0, 0.1) is 6.92 Å². The highest BCUT2D eigenvalue weighted by Gasteiger charge is 2.15. The summed E-state index contributed by atoms with van der Waals surface area (Å²) in [6, 6.07) is 1.57. The Morgan fingerprint density at radius 1 is 1.53 bits per heavy atom. The lowest BCUT2D eigenvalue weighted by Crippen LogP contribution is -2.30. The molecule has 0 aliphatic heterocycles. The molecule has 0 saturated carbocycles. The van der Waals surface area contributed by atoms with E-state index in [1.54, 1.807) is 13.1 Å². The van der Waals surface area contributed by atoms with Crippen LogP contribution in [0.3, 0.4) is 0 Å². The minimum absolute atomic E-state index is 0.220. The molecule has 6 heteroatoms. The number of rotatable bonds is 4. The second-order valence-corrected chi connectivity index (χ2v) is 4.86. The van der Waals surface area contributed by atoms with Gasteiger partial charge >= 0.3 is 5.97 Å². The van der Waals surface area contributed by atoms with Gasteiger partial charge in [0.1, 0.15) is 4.88 Å². The first-order valence-corrected chi connectivity index (χ1v) is 6.04. The number of thiophene rings is 1. The molecule has 17 heavy (non-hydrogen) atoms. The first kappa shape index (κ1) is 13.5. The number of esters is 1. The smallest absolute Gasteiger partial charge is 0.348 e. The fourth-order valence-electron chi connectivity index (χ4n) is 1.08. The Bertz CT molecular complexity index is 409. The molecule has 5 nitrogen and oxygen atoms in total. The first-order chi connectivity index (χ1) is 7.95. The average molecular weight is 256 g/mol. The van der Waals surface area contributed by atoms with Crippen LogP contribution in [0.25, 0.3) is 0 Å². The van der Waals surface area contributed by atoms with E-state index in [1.807, 2.05) is 13.8 Å². The molecule has 1 amide bonds. The van der Waals surface area contributed by atoms with Gasteiger partial charge in [0.25, 0.3) is 5.91 Å². The molecule has 0 atom stereocenters. The monoisotopic (exact) mass is 256 g/mol. The van der Waals surface area contributed by atoms with Crippen molar-refractivity contribution >= 4 is 28.9 Å². The topological polar surface area (TPSA) is 72.6 Å². The summed E-state index contributed by atoms with van der Waals surface area (Å²) in [5.74, 6) is -0.727. The molecular weight excluding hydrogens is 240 g/mol. The highest BCUT2D eigenvalue weighted by molar-refractivity contribution is 7.14. The van der Waals surface area contributed by atoms with E-state index in [-0.39, 0.29) is 12.5 Å². The second-order valence-electron chi connectivity index (χ2n) is 3.61. The van der Waals surface area contributed by atoms with Crippen LogP contribution in [0.4, 0.5) is 5.69 Å². The van der Waals surface area contributed by atoms with Crippen LogP contribution < -0.4 is 5.73 Å². The number of carbonyl (C=O) groups is 2. The lowest BCUT2D eigenvalue weighted by molar-refractivity contribution is -0.133. The summed E-state index contributed by atoms with van der Waals surface area (Å²) in [6.07, 6.45) is 0. The highest BCUT2D eigenvalue weighted by atomic mass is 32.1. The number of carbonyl (C=O) groups excluding carboxylic acids is 2. The third-order valence-corrected chi connectivity index (χ3v) is 3.43. The van der Waals surface area contributed by atoms with Gasteiger partial charge in [-0.05, 0) is 19.9 Å². The number of nitrogens with two attached hydrogens (primary N) is 1. The lowest BCUT2D eigenvalue weighted by atomic mass is 10.4. The van der Waals surface area contributed by atoms with Crippen molar-refractivity contribution < 1.29 is 14.3 Å². The SMILES string of the molecule is CCN(C)C(=O)COC(=O)c1cc(N)c(C)s1. The van der Waals surface area contributed by atoms with Crippen LogP contribution in [-0.2, 0) is 9.53 Å². The van der Waals surface area contributed by atoms with E-state index in [0.29, 0.717) is 17.1 Å². The number of anilines is 1. The zero-order chi connectivity index (χ0) is 13.0. The van der Waals surface area contributed by atoms with E-state index >= 15 is 0 Å². The normalized spacial score (nSPS) is 10.1. The summed E-state index contributed by atoms with van der Waals surface area (Å²) in [5.41, 5.74) is 6.20. The Balaban J connectivity index is 2.53. The van der Waals surface area contributed by atoms with Gasteiger partial charge in [0.2, 0.25) is 0 Å². The van der Waals surface area contributed by atoms with E-state index in [2.05, 4.69) is 0 Å². The molecule has 0 aliphatic rings. The Hall–Kier alpha value is -1.56. The predicted octanol–water partition coefficient (Wildman–Crippen LogP) is 1.27. The number of nitrogen functional groups attached to an aromatic ring is 1. The summed E-state index contributed by atoms with van der Waals surface area (Å²) >= 11 is 1.26. The molecule has 1 aromatic rings. The largest absolute Gasteiger partial charge is 0.451 e. The lowest BCUT2D eigenvalue weighted by Gasteiger charge is -2.13. The number of ether oxygens (including phenoxy) is 1. The van der Waals surface area contributed by atoms with Crippen molar-refractivity contribution in [1.82, 2.24) is 4.90 Å². The maximum Gasteiger partial charge on any atom is 0.348 e. The molecule has 0 saturated heterocycles. The Kier molecular flexibility index (Phi) is 4.51. The van der Waals surface area contributed by atoms with Crippen molar-refractivity contribution in [2.45, 2.75) is 13.8 Å². The van der Waals surface area contributed by atoms with Gasteiger partial charge in [-0.15, -0.1) is 11.3 Å². The summed E-state index contributed by atoms with van der Waals surface area (Å²) in [7, 11) is 1.66. The van der Waals surface area contributed by atoms with Crippen LogP contribution >= 0.6 is 11.3 Å². The molecule has 1 aromatic heterocycles. The quantitative estimate of drug-likeness (QED) is 0.823. The molecule has 94 valence electrons. The summed E-state index contributed by atoms with van der Waals surface area (Å²) in [6.45, 7) is 4.03. The van der Waals surface area contributed by atoms with Gasteiger partial charge in [0.05, 0.1) is 0 Å². The molecule has 0 bridgehead atoms. The van der Waals surface area contributed by atoms with Gasteiger partial charge in [-0.3, -0.25) is 4.79 Å². The summed E-state index contributed by atoms with van der Waals surface area (Å²) in [4.78, 5) is 25.8. The third-order valence-electron chi connectivity index (χ3n) is 2.38. The van der Waals surface area contributed by atoms with Crippen LogP contribution in [-0.4, -0.2) is 37.0 Å². The van der Waals surface area contributed by atoms with Crippen LogP contribution in [0.5, 0.6) is 0 Å². The number of likely N-dealkylation sites (N-methyl/N-ethyl adjacent to an activating group) is 1. The number of aryl methyl sites for hydroxylation is 1. The minimum Gasteiger partial charge on any atom is -0.451 e. The van der Waals surface area contributed by atoms with Gasteiger partial charge in [0, 0.05) is 24.2 Å². The number of nitrogens with zero attached hydrogens (tertiary/aromatic N) is 1. The predicted molar refractivity (Wildman–Crippen MR) is 67.1 cm³/mol. The maximum atomic E-state index is 11.6. The molecule has 2 N–H and O–H groups in total. The molecular formula is C11H16N2O3S. The van der Waals surface area contributed by atoms with E-state index < -0.39 is 5.97 Å². The Morgan fingerprint density at radius 3 is 2.65 bits per heavy atom. The Morgan fingerprint density at radius 2 is 2.18 bits per heavy atom.